The Morgan fingerprint density at radius 3 is 2.33 bits per heavy atom. The molecule has 0 aromatic heterocycles. The molecule has 1 unspecified atom stereocenters. The molecule has 0 spiro atoms. The molecular weight excluding hydrogens is 257 g/mol. The molecule has 0 saturated carbocycles. The van der Waals surface area contributed by atoms with E-state index in [-0.39, 0.29) is 45.0 Å². The molecule has 0 aliphatic heterocycles. The Kier molecular flexibility index (Phi) is 8.44. The minimum atomic E-state index is -2.48. The monoisotopic (exact) mass is 261 g/mol. The molecular formula is C6H5ClNNaO5S. The molecule has 0 aliphatic carbocycles. The van der Waals surface area contributed by atoms with Gasteiger partial charge in [-0.1, -0.05) is 11.6 Å². The number of halogens is 1. The normalized spacial score (nSPS) is 10.8. The van der Waals surface area contributed by atoms with Gasteiger partial charge in [0.15, 0.2) is 0 Å². The van der Waals surface area contributed by atoms with Crippen LogP contribution >= 0.6 is 11.6 Å². The van der Waals surface area contributed by atoms with Gasteiger partial charge in [0.25, 0.3) is 5.69 Å². The van der Waals surface area contributed by atoms with Gasteiger partial charge in [-0.05, 0) is 23.2 Å². The zero-order valence-corrected chi connectivity index (χ0v) is 11.2. The van der Waals surface area contributed by atoms with Gasteiger partial charge in [-0.2, -0.15) is 0 Å². The molecule has 15 heavy (non-hydrogen) atoms. The zero-order valence-electron chi connectivity index (χ0n) is 7.60. The minimum absolute atomic E-state index is 0. The van der Waals surface area contributed by atoms with E-state index < -0.39 is 21.7 Å². The molecule has 9 heteroatoms. The van der Waals surface area contributed by atoms with Gasteiger partial charge in [-0.15, -0.1) is 0 Å². The molecule has 0 radical (unpaired) electrons. The summed E-state index contributed by atoms with van der Waals surface area (Å²) in [5.74, 6) is 0. The number of nitrogens with zero attached hydrogens (tertiary/aromatic N) is 1. The van der Waals surface area contributed by atoms with Crippen molar-refractivity contribution in [2.45, 2.75) is 4.90 Å². The van der Waals surface area contributed by atoms with Gasteiger partial charge >= 0.3 is 29.6 Å². The van der Waals surface area contributed by atoms with Gasteiger partial charge in [0.2, 0.25) is 0 Å². The maximum atomic E-state index is 10.4. The summed E-state index contributed by atoms with van der Waals surface area (Å²) in [6.07, 6.45) is 0. The Morgan fingerprint density at radius 2 is 1.93 bits per heavy atom. The van der Waals surface area contributed by atoms with Crippen LogP contribution in [0.2, 0.25) is 5.02 Å². The number of hydrogen-bond donors (Lipinski definition) is 0. The van der Waals surface area contributed by atoms with Gasteiger partial charge < -0.3 is 10.0 Å². The quantitative estimate of drug-likeness (QED) is 0.257. The van der Waals surface area contributed by atoms with E-state index in [1.54, 1.807) is 0 Å². The summed E-state index contributed by atoms with van der Waals surface area (Å²) in [5.41, 5.74) is -0.414. The predicted octanol–water partition coefficient (Wildman–Crippen LogP) is -2.33. The van der Waals surface area contributed by atoms with Gasteiger partial charge in [-0.25, -0.2) is 0 Å². The maximum absolute atomic E-state index is 10.4. The summed E-state index contributed by atoms with van der Waals surface area (Å²) in [5, 5.41) is 10.2. The van der Waals surface area contributed by atoms with Crippen molar-refractivity contribution in [3.63, 3.8) is 0 Å². The molecule has 2 N–H and O–H groups in total. The van der Waals surface area contributed by atoms with E-state index in [0.717, 1.165) is 6.07 Å². The van der Waals surface area contributed by atoms with E-state index in [2.05, 4.69) is 0 Å². The third-order valence-electron chi connectivity index (χ3n) is 1.31. The number of rotatable bonds is 2. The summed E-state index contributed by atoms with van der Waals surface area (Å²) in [7, 11) is 0. The third kappa shape index (κ3) is 4.56. The largest absolute Gasteiger partial charge is 1.00 e. The summed E-state index contributed by atoms with van der Waals surface area (Å²) < 4.78 is 20.8. The first-order valence-electron chi connectivity index (χ1n) is 3.05. The Bertz CT molecular complexity index is 388. The van der Waals surface area contributed by atoms with Gasteiger partial charge in [0, 0.05) is 11.0 Å². The van der Waals surface area contributed by atoms with Crippen molar-refractivity contribution in [3.8, 4) is 0 Å². The van der Waals surface area contributed by atoms with Crippen molar-refractivity contribution in [2.75, 3.05) is 0 Å². The molecule has 78 valence electrons. The van der Waals surface area contributed by atoms with Gasteiger partial charge in [0.05, 0.1) is 4.92 Å². The van der Waals surface area contributed by atoms with Crippen LogP contribution in [0.3, 0.4) is 0 Å². The van der Waals surface area contributed by atoms with E-state index in [4.69, 9.17) is 11.6 Å². The first kappa shape index (κ1) is 17.4. The van der Waals surface area contributed by atoms with Crippen LogP contribution in [0.4, 0.5) is 5.69 Å². The van der Waals surface area contributed by atoms with E-state index in [9.17, 15) is 18.9 Å². The fraction of sp³-hybridized carbons (Fsp3) is 0. The number of hydrogen-bond acceptors (Lipinski definition) is 4. The molecule has 0 heterocycles. The van der Waals surface area contributed by atoms with E-state index >= 15 is 0 Å². The van der Waals surface area contributed by atoms with Crippen molar-refractivity contribution in [2.24, 2.45) is 0 Å². The Morgan fingerprint density at radius 1 is 1.40 bits per heavy atom. The SMILES string of the molecule is O.O=[N+]([O-])c1cc(S(=O)[O-])ccc1Cl.[Na+]. The molecule has 0 saturated heterocycles. The number of nitro groups is 1. The number of benzene rings is 1. The van der Waals surface area contributed by atoms with Crippen LogP contribution < -0.4 is 29.6 Å². The summed E-state index contributed by atoms with van der Waals surface area (Å²) in [4.78, 5) is 9.42. The molecule has 1 aromatic carbocycles. The summed E-state index contributed by atoms with van der Waals surface area (Å²) >= 11 is 2.98. The fourth-order valence-corrected chi connectivity index (χ4v) is 1.31. The first-order chi connectivity index (χ1) is 6.02. The van der Waals surface area contributed by atoms with Crippen molar-refractivity contribution >= 4 is 28.4 Å². The van der Waals surface area contributed by atoms with Gasteiger partial charge in [-0.3, -0.25) is 14.3 Å². The average Bonchev–Trinajstić information content (AvgIpc) is 2.04. The van der Waals surface area contributed by atoms with Crippen LogP contribution in [0, 0.1) is 10.1 Å². The Balaban J connectivity index is 0. The molecule has 0 bridgehead atoms. The van der Waals surface area contributed by atoms with E-state index in [1.165, 1.54) is 12.1 Å². The summed E-state index contributed by atoms with van der Waals surface area (Å²) in [6, 6.07) is 3.27. The topological polar surface area (TPSA) is 115 Å². The standard InChI is InChI=1S/C6H4ClNO4S.Na.H2O/c7-5-2-1-4(13(11)12)3-6(5)8(9)10;;/h1-3H,(H,11,12);;1H2/q;+1;/p-1. The molecule has 0 amide bonds. The predicted molar refractivity (Wildman–Crippen MR) is 48.9 cm³/mol. The van der Waals surface area contributed by atoms with Gasteiger partial charge in [0.1, 0.15) is 5.02 Å². The van der Waals surface area contributed by atoms with Crippen LogP contribution in [-0.4, -0.2) is 19.2 Å². The third-order valence-corrected chi connectivity index (χ3v) is 2.27. The molecule has 1 aromatic rings. The van der Waals surface area contributed by atoms with Crippen molar-refractivity contribution in [3.05, 3.63) is 33.3 Å². The Hall–Kier alpha value is -0.0200. The fourth-order valence-electron chi connectivity index (χ4n) is 0.736. The molecule has 1 atom stereocenters. The van der Waals surface area contributed by atoms with Crippen molar-refractivity contribution in [1.82, 2.24) is 0 Å². The van der Waals surface area contributed by atoms with Crippen LogP contribution in [0.5, 0.6) is 0 Å². The van der Waals surface area contributed by atoms with Crippen LogP contribution in [0.15, 0.2) is 23.1 Å². The van der Waals surface area contributed by atoms with Crippen molar-refractivity contribution in [1.29, 1.82) is 0 Å². The average molecular weight is 262 g/mol. The van der Waals surface area contributed by atoms with E-state index in [1.807, 2.05) is 0 Å². The number of nitro benzene ring substituents is 1. The van der Waals surface area contributed by atoms with Crippen LogP contribution in [0.25, 0.3) is 0 Å². The first-order valence-corrected chi connectivity index (χ1v) is 4.51. The smallest absolute Gasteiger partial charge is 0.768 e. The van der Waals surface area contributed by atoms with E-state index in [0.29, 0.717) is 0 Å². The zero-order chi connectivity index (χ0) is 10.0. The van der Waals surface area contributed by atoms with Crippen LogP contribution in [0.1, 0.15) is 0 Å². The minimum Gasteiger partial charge on any atom is -0.768 e. The van der Waals surface area contributed by atoms with Crippen molar-refractivity contribution < 1.29 is 48.7 Å². The maximum Gasteiger partial charge on any atom is 1.00 e. The second-order valence-electron chi connectivity index (χ2n) is 2.11. The second-order valence-corrected chi connectivity index (χ2v) is 3.45. The Labute approximate surface area is 115 Å². The molecule has 0 fully saturated rings. The summed E-state index contributed by atoms with van der Waals surface area (Å²) in [6.45, 7) is 0. The molecule has 1 rings (SSSR count). The molecule has 0 aliphatic rings. The molecule has 6 nitrogen and oxygen atoms in total. The second kappa shape index (κ2) is 7.29. The van der Waals surface area contributed by atoms with Crippen LogP contribution in [-0.2, 0) is 11.1 Å².